The molecule has 0 spiro atoms. The van der Waals surface area contributed by atoms with Gasteiger partial charge in [0.1, 0.15) is 15.9 Å². The van der Waals surface area contributed by atoms with E-state index in [1.165, 1.54) is 11.3 Å². The number of nitrogens with one attached hydrogen (secondary N) is 1. The van der Waals surface area contributed by atoms with Crippen molar-refractivity contribution in [2.24, 2.45) is 0 Å². The summed E-state index contributed by atoms with van der Waals surface area (Å²) in [6.07, 6.45) is 0. The van der Waals surface area contributed by atoms with Crippen LogP contribution in [0.3, 0.4) is 0 Å². The quantitative estimate of drug-likeness (QED) is 0.901. The highest BCUT2D eigenvalue weighted by atomic mass is 32.1. The van der Waals surface area contributed by atoms with E-state index in [0.29, 0.717) is 36.9 Å². The summed E-state index contributed by atoms with van der Waals surface area (Å²) in [4.78, 5) is 31.6. The van der Waals surface area contributed by atoms with Crippen LogP contribution in [0.4, 0.5) is 0 Å². The Hall–Kier alpha value is -1.77. The van der Waals surface area contributed by atoms with E-state index in [0.717, 1.165) is 10.6 Å². The van der Waals surface area contributed by atoms with E-state index >= 15 is 0 Å². The van der Waals surface area contributed by atoms with Crippen LogP contribution in [0, 0.1) is 6.92 Å². The fourth-order valence-corrected chi connectivity index (χ4v) is 4.18. The van der Waals surface area contributed by atoms with Gasteiger partial charge in [-0.3, -0.25) is 9.59 Å². The largest absolute Gasteiger partial charge is 0.378 e. The summed E-state index contributed by atoms with van der Waals surface area (Å²) in [6.45, 7) is 5.76. The lowest BCUT2D eigenvalue weighted by Crippen LogP contribution is -2.50. The molecule has 3 heterocycles. The second-order valence-electron chi connectivity index (χ2n) is 5.58. The van der Waals surface area contributed by atoms with E-state index in [1.807, 2.05) is 23.8 Å². The Balaban J connectivity index is 1.67. The predicted molar refractivity (Wildman–Crippen MR) is 94.5 cm³/mol. The number of thiazole rings is 1. The minimum Gasteiger partial charge on any atom is -0.378 e. The van der Waals surface area contributed by atoms with Crippen LogP contribution < -0.4 is 5.32 Å². The number of carbonyl (C=O) groups excluding carboxylic acids is 2. The molecule has 0 aliphatic carbocycles. The maximum absolute atomic E-state index is 12.5. The number of morpholine rings is 1. The van der Waals surface area contributed by atoms with Crippen LogP contribution in [0.5, 0.6) is 0 Å². The predicted octanol–water partition coefficient (Wildman–Crippen LogP) is 2.16. The summed E-state index contributed by atoms with van der Waals surface area (Å²) in [7, 11) is 0. The summed E-state index contributed by atoms with van der Waals surface area (Å²) in [6, 6.07) is 1.41. The number of rotatable bonds is 4. The van der Waals surface area contributed by atoms with Gasteiger partial charge in [0.05, 0.1) is 18.9 Å². The first-order valence-electron chi connectivity index (χ1n) is 7.73. The molecule has 3 rings (SSSR count). The maximum atomic E-state index is 12.5. The van der Waals surface area contributed by atoms with Gasteiger partial charge in [0, 0.05) is 24.0 Å². The van der Waals surface area contributed by atoms with Crippen molar-refractivity contribution in [3.8, 4) is 10.6 Å². The van der Waals surface area contributed by atoms with Gasteiger partial charge >= 0.3 is 0 Å². The Morgan fingerprint density at radius 2 is 2.12 bits per heavy atom. The van der Waals surface area contributed by atoms with Crippen LogP contribution in [-0.4, -0.2) is 54.0 Å². The van der Waals surface area contributed by atoms with Crippen LogP contribution >= 0.6 is 22.7 Å². The van der Waals surface area contributed by atoms with E-state index in [4.69, 9.17) is 4.74 Å². The number of thiophene rings is 1. The van der Waals surface area contributed by atoms with Crippen LogP contribution in [0.1, 0.15) is 22.3 Å². The first kappa shape index (κ1) is 17.1. The highest BCUT2D eigenvalue weighted by molar-refractivity contribution is 7.17. The standard InChI is InChI=1S/C16H19N3O3S2/c1-10-13(24-15(18-10)12-3-8-23-9-12)14(20)17-11(2)16(21)19-4-6-22-7-5-19/h3,8-9,11H,4-7H2,1-2H3,(H,17,20). The molecule has 2 aromatic heterocycles. The number of hydrogen-bond acceptors (Lipinski definition) is 6. The molecule has 8 heteroatoms. The van der Waals surface area contributed by atoms with E-state index in [2.05, 4.69) is 10.3 Å². The average molecular weight is 365 g/mol. The van der Waals surface area contributed by atoms with Gasteiger partial charge in [-0.1, -0.05) is 0 Å². The van der Waals surface area contributed by atoms with Gasteiger partial charge in [0.15, 0.2) is 0 Å². The minimum absolute atomic E-state index is 0.0770. The summed E-state index contributed by atoms with van der Waals surface area (Å²) >= 11 is 2.95. The van der Waals surface area contributed by atoms with Crippen molar-refractivity contribution in [2.75, 3.05) is 26.3 Å². The van der Waals surface area contributed by atoms with E-state index in [1.54, 1.807) is 23.2 Å². The Morgan fingerprint density at radius 1 is 1.38 bits per heavy atom. The molecule has 1 fully saturated rings. The Labute approximate surface area is 148 Å². The van der Waals surface area contributed by atoms with Crippen molar-refractivity contribution in [3.63, 3.8) is 0 Å². The molecule has 24 heavy (non-hydrogen) atoms. The SMILES string of the molecule is Cc1nc(-c2ccsc2)sc1C(=O)NC(C)C(=O)N1CCOCC1. The molecule has 128 valence electrons. The van der Waals surface area contributed by atoms with Crippen molar-refractivity contribution in [1.29, 1.82) is 0 Å². The molecule has 6 nitrogen and oxygen atoms in total. The van der Waals surface area contributed by atoms with Crippen LogP contribution in [0.25, 0.3) is 10.6 Å². The molecule has 1 atom stereocenters. The van der Waals surface area contributed by atoms with E-state index < -0.39 is 6.04 Å². The fourth-order valence-electron chi connectivity index (χ4n) is 2.50. The van der Waals surface area contributed by atoms with Crippen molar-refractivity contribution < 1.29 is 14.3 Å². The molecule has 0 saturated carbocycles. The number of ether oxygens (including phenoxy) is 1. The molecule has 1 aliphatic heterocycles. The lowest BCUT2D eigenvalue weighted by atomic mass is 10.2. The topological polar surface area (TPSA) is 71.5 Å². The lowest BCUT2D eigenvalue weighted by Gasteiger charge is -2.29. The molecular formula is C16H19N3O3S2. The van der Waals surface area contributed by atoms with Gasteiger partial charge in [-0.05, 0) is 25.3 Å². The van der Waals surface area contributed by atoms with Gasteiger partial charge in [0.25, 0.3) is 5.91 Å². The number of amides is 2. The molecule has 0 aromatic carbocycles. The Morgan fingerprint density at radius 3 is 2.79 bits per heavy atom. The molecule has 1 N–H and O–H groups in total. The van der Waals surface area contributed by atoms with Crippen LogP contribution in [-0.2, 0) is 9.53 Å². The number of aromatic nitrogens is 1. The van der Waals surface area contributed by atoms with Gasteiger partial charge in [-0.2, -0.15) is 11.3 Å². The smallest absolute Gasteiger partial charge is 0.263 e. The molecule has 1 aliphatic rings. The van der Waals surface area contributed by atoms with Crippen LogP contribution in [0.15, 0.2) is 16.8 Å². The number of aryl methyl sites for hydroxylation is 1. The summed E-state index contributed by atoms with van der Waals surface area (Å²) in [5, 5.41) is 7.61. The third kappa shape index (κ3) is 3.66. The molecule has 0 bridgehead atoms. The highest BCUT2D eigenvalue weighted by Crippen LogP contribution is 2.29. The van der Waals surface area contributed by atoms with E-state index in [9.17, 15) is 9.59 Å². The van der Waals surface area contributed by atoms with Gasteiger partial charge in [-0.25, -0.2) is 4.98 Å². The van der Waals surface area contributed by atoms with E-state index in [-0.39, 0.29) is 11.8 Å². The zero-order valence-corrected chi connectivity index (χ0v) is 15.2. The van der Waals surface area contributed by atoms with Crippen molar-refractivity contribution >= 4 is 34.5 Å². The molecule has 2 amide bonds. The fraction of sp³-hybridized carbons (Fsp3) is 0.438. The Bertz CT molecular complexity index is 721. The molecular weight excluding hydrogens is 346 g/mol. The summed E-state index contributed by atoms with van der Waals surface area (Å²) in [5.74, 6) is -0.326. The number of hydrogen-bond donors (Lipinski definition) is 1. The normalized spacial score (nSPS) is 16.0. The zero-order chi connectivity index (χ0) is 17.1. The minimum atomic E-state index is -0.568. The first-order valence-corrected chi connectivity index (χ1v) is 9.49. The van der Waals surface area contributed by atoms with Gasteiger partial charge in [-0.15, -0.1) is 11.3 Å². The molecule has 1 unspecified atom stereocenters. The van der Waals surface area contributed by atoms with Crippen molar-refractivity contribution in [1.82, 2.24) is 15.2 Å². The third-order valence-corrected chi connectivity index (χ3v) is 5.70. The second kappa shape index (κ2) is 7.42. The zero-order valence-electron chi connectivity index (χ0n) is 13.6. The highest BCUT2D eigenvalue weighted by Gasteiger charge is 2.25. The van der Waals surface area contributed by atoms with Crippen molar-refractivity contribution in [2.45, 2.75) is 19.9 Å². The molecule has 2 aromatic rings. The molecule has 1 saturated heterocycles. The third-order valence-electron chi connectivity index (χ3n) is 3.81. The second-order valence-corrected chi connectivity index (χ2v) is 7.36. The van der Waals surface area contributed by atoms with Gasteiger partial charge < -0.3 is 15.0 Å². The summed E-state index contributed by atoms with van der Waals surface area (Å²) in [5.41, 5.74) is 1.70. The summed E-state index contributed by atoms with van der Waals surface area (Å²) < 4.78 is 5.25. The monoisotopic (exact) mass is 365 g/mol. The number of nitrogens with zero attached hydrogens (tertiary/aromatic N) is 2. The maximum Gasteiger partial charge on any atom is 0.263 e. The van der Waals surface area contributed by atoms with Crippen LogP contribution in [0.2, 0.25) is 0 Å². The van der Waals surface area contributed by atoms with Gasteiger partial charge in [0.2, 0.25) is 5.91 Å². The Kier molecular flexibility index (Phi) is 5.27. The molecule has 0 radical (unpaired) electrons. The van der Waals surface area contributed by atoms with Crippen molar-refractivity contribution in [3.05, 3.63) is 27.4 Å². The average Bonchev–Trinajstić information content (AvgIpc) is 3.24. The number of carbonyl (C=O) groups is 2. The first-order chi connectivity index (χ1) is 11.6. The lowest BCUT2D eigenvalue weighted by molar-refractivity contribution is -0.136.